The van der Waals surface area contributed by atoms with Gasteiger partial charge in [-0.2, -0.15) is 0 Å². The molecule has 0 aliphatic carbocycles. The molecule has 1 amide bonds. The summed E-state index contributed by atoms with van der Waals surface area (Å²) < 4.78 is 1.87. The molecule has 0 aromatic carbocycles. The molecule has 1 atom stereocenters. The zero-order chi connectivity index (χ0) is 17.8. The van der Waals surface area contributed by atoms with Crippen molar-refractivity contribution in [2.24, 2.45) is 13.0 Å². The number of β-amino-alcohol motifs (C(OH)–C–C–N with tert-alkyl or cyclic N) is 1. The molecule has 2 aliphatic heterocycles. The number of likely N-dealkylation sites (N-methyl/N-ethyl adjacent to an activating group) is 1. The van der Waals surface area contributed by atoms with Crippen molar-refractivity contribution in [3.63, 3.8) is 0 Å². The first-order valence-corrected chi connectivity index (χ1v) is 9.54. The first-order valence-electron chi connectivity index (χ1n) is 9.54. The lowest BCUT2D eigenvalue weighted by Gasteiger charge is -2.36. The van der Waals surface area contributed by atoms with Crippen LogP contribution in [0.15, 0.2) is 18.3 Å². The van der Waals surface area contributed by atoms with Crippen LogP contribution in [0, 0.1) is 5.92 Å². The van der Waals surface area contributed by atoms with E-state index in [0.29, 0.717) is 5.92 Å². The van der Waals surface area contributed by atoms with Crippen LogP contribution >= 0.6 is 0 Å². The molecule has 3 rings (SSSR count). The monoisotopic (exact) mass is 348 g/mol. The third-order valence-corrected chi connectivity index (χ3v) is 5.79. The van der Waals surface area contributed by atoms with Gasteiger partial charge in [0.15, 0.2) is 0 Å². The Balaban J connectivity index is 1.47. The molecule has 0 bridgehead atoms. The molecule has 0 spiro atoms. The average Bonchev–Trinajstić information content (AvgIpc) is 2.94. The number of nitrogens with zero attached hydrogens (tertiary/aromatic N) is 4. The van der Waals surface area contributed by atoms with E-state index in [0.717, 1.165) is 64.3 Å². The topological polar surface area (TPSA) is 52.0 Å². The maximum Gasteiger partial charge on any atom is 0.270 e. The Bertz CT molecular complexity index is 566. The van der Waals surface area contributed by atoms with Gasteiger partial charge in [-0.25, -0.2) is 0 Å². The standard InChI is InChI=1S/C19H32N4O2/c1-20-8-4-10-22(14-13-20)15-18(24)16-6-11-23(12-7-16)19(25)17-5-3-9-21(17)2/h3,5,9,16,18,24H,4,6-8,10-15H2,1-2H3. The SMILES string of the molecule is CN1CCCN(CC(O)C2CCN(C(=O)c3cccn3C)CC2)CC1. The number of aryl methyl sites for hydroxylation is 1. The summed E-state index contributed by atoms with van der Waals surface area (Å²) in [4.78, 5) is 19.3. The third kappa shape index (κ3) is 4.63. The molecule has 1 aromatic heterocycles. The van der Waals surface area contributed by atoms with Crippen molar-refractivity contribution in [2.75, 3.05) is 52.9 Å². The molecule has 3 heterocycles. The molecule has 1 N–H and O–H groups in total. The summed E-state index contributed by atoms with van der Waals surface area (Å²) in [7, 11) is 4.07. The van der Waals surface area contributed by atoms with E-state index in [2.05, 4.69) is 16.8 Å². The second-order valence-corrected chi connectivity index (χ2v) is 7.66. The van der Waals surface area contributed by atoms with Crippen molar-refractivity contribution in [3.8, 4) is 0 Å². The number of hydrogen-bond donors (Lipinski definition) is 1. The van der Waals surface area contributed by atoms with Crippen LogP contribution in [-0.4, -0.2) is 89.2 Å². The van der Waals surface area contributed by atoms with Gasteiger partial charge in [-0.05, 0) is 57.5 Å². The van der Waals surface area contributed by atoms with Crippen LogP contribution in [-0.2, 0) is 7.05 Å². The molecule has 1 unspecified atom stereocenters. The highest BCUT2D eigenvalue weighted by atomic mass is 16.3. The minimum Gasteiger partial charge on any atom is -0.392 e. The Labute approximate surface area is 151 Å². The summed E-state index contributed by atoms with van der Waals surface area (Å²) in [5.74, 6) is 0.412. The highest BCUT2D eigenvalue weighted by Crippen LogP contribution is 2.23. The summed E-state index contributed by atoms with van der Waals surface area (Å²) in [6.07, 6.45) is 4.58. The van der Waals surface area contributed by atoms with Crippen molar-refractivity contribution in [1.29, 1.82) is 0 Å². The normalized spacial score (nSPS) is 22.8. The zero-order valence-electron chi connectivity index (χ0n) is 15.6. The number of hydrogen-bond acceptors (Lipinski definition) is 4. The fraction of sp³-hybridized carbons (Fsp3) is 0.737. The van der Waals surface area contributed by atoms with Crippen LogP contribution in [0.3, 0.4) is 0 Å². The predicted octanol–water partition coefficient (Wildman–Crippen LogP) is 0.876. The van der Waals surface area contributed by atoms with Gasteiger partial charge in [0.05, 0.1) is 6.10 Å². The van der Waals surface area contributed by atoms with Gasteiger partial charge >= 0.3 is 0 Å². The molecule has 0 saturated carbocycles. The molecule has 140 valence electrons. The number of amides is 1. The van der Waals surface area contributed by atoms with Gasteiger partial charge < -0.3 is 19.5 Å². The van der Waals surface area contributed by atoms with Crippen LogP contribution in [0.5, 0.6) is 0 Å². The number of rotatable bonds is 4. The van der Waals surface area contributed by atoms with E-state index in [1.54, 1.807) is 0 Å². The van der Waals surface area contributed by atoms with Gasteiger partial charge in [0.1, 0.15) is 5.69 Å². The smallest absolute Gasteiger partial charge is 0.270 e. The zero-order valence-corrected chi connectivity index (χ0v) is 15.6. The molecule has 1 aromatic rings. The Kier molecular flexibility index (Phi) is 6.15. The Morgan fingerprint density at radius 2 is 1.92 bits per heavy atom. The molecule has 2 fully saturated rings. The highest BCUT2D eigenvalue weighted by Gasteiger charge is 2.29. The summed E-state index contributed by atoms with van der Waals surface area (Å²) in [5.41, 5.74) is 0.743. The van der Waals surface area contributed by atoms with E-state index in [-0.39, 0.29) is 12.0 Å². The van der Waals surface area contributed by atoms with E-state index in [9.17, 15) is 9.90 Å². The van der Waals surface area contributed by atoms with Gasteiger partial charge in [0, 0.05) is 46.0 Å². The van der Waals surface area contributed by atoms with Gasteiger partial charge in [-0.15, -0.1) is 0 Å². The summed E-state index contributed by atoms with van der Waals surface area (Å²) in [6.45, 7) is 6.60. The predicted molar refractivity (Wildman–Crippen MR) is 98.6 cm³/mol. The number of aliphatic hydroxyl groups is 1. The van der Waals surface area contributed by atoms with Gasteiger partial charge in [-0.3, -0.25) is 9.69 Å². The largest absolute Gasteiger partial charge is 0.392 e. The first-order chi connectivity index (χ1) is 12.0. The molecule has 2 saturated heterocycles. The summed E-state index contributed by atoms with van der Waals surface area (Å²) in [6, 6.07) is 3.78. The Hall–Kier alpha value is -1.37. The molecule has 6 nitrogen and oxygen atoms in total. The van der Waals surface area contributed by atoms with Crippen LogP contribution in [0.1, 0.15) is 29.8 Å². The third-order valence-electron chi connectivity index (χ3n) is 5.79. The molecule has 6 heteroatoms. The molecule has 25 heavy (non-hydrogen) atoms. The highest BCUT2D eigenvalue weighted by molar-refractivity contribution is 5.92. The fourth-order valence-electron chi connectivity index (χ4n) is 4.03. The minimum atomic E-state index is -0.282. The lowest BCUT2D eigenvalue weighted by atomic mass is 9.90. The van der Waals surface area contributed by atoms with Crippen LogP contribution in [0.4, 0.5) is 0 Å². The summed E-state index contributed by atoms with van der Waals surface area (Å²) in [5, 5.41) is 10.7. The number of carbonyl (C=O) groups excluding carboxylic acids is 1. The van der Waals surface area contributed by atoms with Crippen LogP contribution < -0.4 is 0 Å². The van der Waals surface area contributed by atoms with Gasteiger partial charge in [0.2, 0.25) is 0 Å². The van der Waals surface area contributed by atoms with Crippen molar-refractivity contribution >= 4 is 5.91 Å². The number of carbonyl (C=O) groups is 1. The first kappa shape index (κ1) is 18.4. The van der Waals surface area contributed by atoms with Crippen molar-refractivity contribution < 1.29 is 9.90 Å². The van der Waals surface area contributed by atoms with E-state index in [1.807, 2.05) is 34.8 Å². The van der Waals surface area contributed by atoms with E-state index < -0.39 is 0 Å². The van der Waals surface area contributed by atoms with Crippen molar-refractivity contribution in [1.82, 2.24) is 19.3 Å². The van der Waals surface area contributed by atoms with Crippen LogP contribution in [0.25, 0.3) is 0 Å². The minimum absolute atomic E-state index is 0.107. The molecular formula is C19H32N4O2. The second kappa shape index (κ2) is 8.34. The Morgan fingerprint density at radius 1 is 1.16 bits per heavy atom. The molecule has 0 radical (unpaired) electrons. The van der Waals surface area contributed by atoms with Crippen LogP contribution in [0.2, 0.25) is 0 Å². The maximum absolute atomic E-state index is 12.6. The van der Waals surface area contributed by atoms with Crippen molar-refractivity contribution in [2.45, 2.75) is 25.4 Å². The molecule has 2 aliphatic rings. The number of piperidine rings is 1. The lowest BCUT2D eigenvalue weighted by Crippen LogP contribution is -2.45. The summed E-state index contributed by atoms with van der Waals surface area (Å²) >= 11 is 0. The van der Waals surface area contributed by atoms with E-state index in [1.165, 1.54) is 6.42 Å². The quantitative estimate of drug-likeness (QED) is 0.878. The van der Waals surface area contributed by atoms with Crippen molar-refractivity contribution in [3.05, 3.63) is 24.0 Å². The van der Waals surface area contributed by atoms with E-state index in [4.69, 9.17) is 0 Å². The van der Waals surface area contributed by atoms with Gasteiger partial charge in [0.25, 0.3) is 5.91 Å². The molecular weight excluding hydrogens is 316 g/mol. The fourth-order valence-corrected chi connectivity index (χ4v) is 4.03. The second-order valence-electron chi connectivity index (χ2n) is 7.66. The maximum atomic E-state index is 12.6. The van der Waals surface area contributed by atoms with E-state index >= 15 is 0 Å². The Morgan fingerprint density at radius 3 is 2.60 bits per heavy atom. The number of aliphatic hydroxyl groups excluding tert-OH is 1. The number of likely N-dealkylation sites (tertiary alicyclic amines) is 1. The average molecular weight is 348 g/mol. The lowest BCUT2D eigenvalue weighted by molar-refractivity contribution is 0.0291. The number of aromatic nitrogens is 1. The van der Waals surface area contributed by atoms with Gasteiger partial charge in [-0.1, -0.05) is 0 Å².